The Morgan fingerprint density at radius 3 is 2.83 bits per heavy atom. The number of fused-ring (bicyclic) bond motifs is 2. The van der Waals surface area contributed by atoms with Gasteiger partial charge in [0.15, 0.2) is 0 Å². The van der Waals surface area contributed by atoms with Crippen LogP contribution < -0.4 is 16.4 Å². The zero-order chi connectivity index (χ0) is 20.5. The van der Waals surface area contributed by atoms with Gasteiger partial charge in [0.25, 0.3) is 0 Å². The van der Waals surface area contributed by atoms with E-state index in [0.29, 0.717) is 28.0 Å². The molecule has 1 saturated heterocycles. The van der Waals surface area contributed by atoms with Crippen molar-refractivity contribution in [3.63, 3.8) is 0 Å². The third-order valence-corrected chi connectivity index (χ3v) is 6.69. The number of methoxy groups -OCH3 is 1. The SMILES string of the molecule is COC(=O)c1cc(-c2ccc(C[C@@H](N)NC(=O)[C@H]3N[C@@H]4CC[C@H]3C4)c(F)c2)cs1. The highest BCUT2D eigenvalue weighted by Gasteiger charge is 2.42. The molecule has 1 aromatic carbocycles. The Balaban J connectivity index is 1.38. The number of hydrogen-bond acceptors (Lipinski definition) is 6. The topological polar surface area (TPSA) is 93.4 Å². The monoisotopic (exact) mass is 417 g/mol. The number of benzene rings is 1. The van der Waals surface area contributed by atoms with Crippen LogP contribution >= 0.6 is 11.3 Å². The van der Waals surface area contributed by atoms with E-state index in [0.717, 1.165) is 24.8 Å². The highest BCUT2D eigenvalue weighted by molar-refractivity contribution is 7.12. The maximum absolute atomic E-state index is 14.6. The zero-order valence-electron chi connectivity index (χ0n) is 16.1. The molecule has 0 unspecified atom stereocenters. The molecule has 2 aromatic rings. The molecule has 0 spiro atoms. The minimum absolute atomic E-state index is 0.102. The molecule has 2 aliphatic rings. The Labute approximate surface area is 172 Å². The van der Waals surface area contributed by atoms with Gasteiger partial charge in [-0.3, -0.25) is 4.79 Å². The lowest BCUT2D eigenvalue weighted by molar-refractivity contribution is -0.124. The standard InChI is InChI=1S/C21H24FN3O3S/c1-28-21(27)17-8-14(10-29-17)11-2-3-12(16(22)7-11)9-18(23)25-20(26)19-13-4-5-15(6-13)24-19/h2-3,7-8,10,13,15,18-19,24H,4-6,9,23H2,1H3,(H,25,26)/t13-,15+,18-,19-/m0/s1. The molecule has 154 valence electrons. The Morgan fingerprint density at radius 2 is 2.17 bits per heavy atom. The number of hydrogen-bond donors (Lipinski definition) is 3. The minimum Gasteiger partial charge on any atom is -0.465 e. The van der Waals surface area contributed by atoms with Crippen LogP contribution in [0.5, 0.6) is 0 Å². The predicted octanol–water partition coefficient (Wildman–Crippen LogP) is 2.42. The largest absolute Gasteiger partial charge is 0.465 e. The lowest BCUT2D eigenvalue weighted by Crippen LogP contribution is -2.53. The van der Waals surface area contributed by atoms with Crippen molar-refractivity contribution in [2.24, 2.45) is 11.7 Å². The summed E-state index contributed by atoms with van der Waals surface area (Å²) >= 11 is 1.25. The molecule has 1 aromatic heterocycles. The Kier molecular flexibility index (Phi) is 5.67. The smallest absolute Gasteiger partial charge is 0.348 e. The molecule has 2 bridgehead atoms. The lowest BCUT2D eigenvalue weighted by atomic mass is 9.99. The van der Waals surface area contributed by atoms with Crippen molar-refractivity contribution in [3.8, 4) is 11.1 Å². The van der Waals surface area contributed by atoms with Gasteiger partial charge in [0.05, 0.1) is 19.3 Å². The van der Waals surface area contributed by atoms with Gasteiger partial charge in [-0.05, 0) is 59.4 Å². The fraction of sp³-hybridized carbons (Fsp3) is 0.429. The molecule has 4 rings (SSSR count). The van der Waals surface area contributed by atoms with Crippen molar-refractivity contribution in [2.45, 2.75) is 43.9 Å². The van der Waals surface area contributed by atoms with E-state index in [9.17, 15) is 14.0 Å². The van der Waals surface area contributed by atoms with Crippen molar-refractivity contribution >= 4 is 23.2 Å². The van der Waals surface area contributed by atoms with E-state index < -0.39 is 18.0 Å². The molecule has 1 saturated carbocycles. The lowest BCUT2D eigenvalue weighted by Gasteiger charge is -2.24. The molecule has 1 amide bonds. The molecule has 29 heavy (non-hydrogen) atoms. The summed E-state index contributed by atoms with van der Waals surface area (Å²) in [5.74, 6) is -0.528. The quantitative estimate of drug-likeness (QED) is 0.496. The third-order valence-electron chi connectivity index (χ3n) is 5.78. The van der Waals surface area contributed by atoms with Gasteiger partial charge in [-0.1, -0.05) is 12.1 Å². The summed E-state index contributed by atoms with van der Waals surface area (Å²) in [7, 11) is 1.32. The normalized spacial score (nSPS) is 23.8. The molecule has 2 heterocycles. The second-order valence-electron chi connectivity index (χ2n) is 7.73. The molecular formula is C21H24FN3O3S. The first kappa shape index (κ1) is 20.0. The number of thiophene rings is 1. The summed E-state index contributed by atoms with van der Waals surface area (Å²) in [5, 5.41) is 7.93. The number of ether oxygens (including phenoxy) is 1. The number of nitrogens with one attached hydrogen (secondary N) is 2. The molecular weight excluding hydrogens is 393 g/mol. The first-order valence-electron chi connectivity index (χ1n) is 9.72. The maximum atomic E-state index is 14.6. The van der Waals surface area contributed by atoms with E-state index in [-0.39, 0.29) is 18.4 Å². The van der Waals surface area contributed by atoms with Crippen molar-refractivity contribution in [2.75, 3.05) is 7.11 Å². The highest BCUT2D eigenvalue weighted by Crippen LogP contribution is 2.35. The summed E-state index contributed by atoms with van der Waals surface area (Å²) in [4.78, 5) is 24.5. The molecule has 1 aliphatic carbocycles. The first-order chi connectivity index (χ1) is 13.9. The van der Waals surface area contributed by atoms with Gasteiger partial charge in [-0.15, -0.1) is 11.3 Å². The van der Waals surface area contributed by atoms with Crippen LogP contribution in [-0.2, 0) is 16.0 Å². The van der Waals surface area contributed by atoms with Gasteiger partial charge >= 0.3 is 5.97 Å². The van der Waals surface area contributed by atoms with E-state index >= 15 is 0 Å². The van der Waals surface area contributed by atoms with E-state index in [1.54, 1.807) is 23.6 Å². The van der Waals surface area contributed by atoms with Gasteiger partial charge < -0.3 is 21.1 Å². The number of esters is 1. The number of carbonyl (C=O) groups excluding carboxylic acids is 2. The van der Waals surface area contributed by atoms with E-state index in [4.69, 9.17) is 10.5 Å². The molecule has 2 fully saturated rings. The fourth-order valence-corrected chi connectivity index (χ4v) is 5.13. The second kappa shape index (κ2) is 8.22. The Bertz CT molecular complexity index is 932. The first-order valence-corrected chi connectivity index (χ1v) is 10.6. The van der Waals surface area contributed by atoms with Gasteiger partial charge in [0, 0.05) is 12.5 Å². The van der Waals surface area contributed by atoms with Crippen LogP contribution in [0.3, 0.4) is 0 Å². The maximum Gasteiger partial charge on any atom is 0.348 e. The third kappa shape index (κ3) is 4.19. The summed E-state index contributed by atoms with van der Waals surface area (Å²) in [5.41, 5.74) is 7.92. The van der Waals surface area contributed by atoms with Crippen molar-refractivity contribution in [3.05, 3.63) is 45.9 Å². The number of rotatable bonds is 6. The average molecular weight is 418 g/mol. The van der Waals surface area contributed by atoms with Crippen LogP contribution in [0.2, 0.25) is 0 Å². The number of carbonyl (C=O) groups is 2. The fourth-order valence-electron chi connectivity index (χ4n) is 4.30. The predicted molar refractivity (Wildman–Crippen MR) is 109 cm³/mol. The van der Waals surface area contributed by atoms with E-state index in [1.165, 1.54) is 24.5 Å². The molecule has 4 atom stereocenters. The van der Waals surface area contributed by atoms with Gasteiger partial charge in [0.2, 0.25) is 5.91 Å². The van der Waals surface area contributed by atoms with E-state index in [1.807, 2.05) is 0 Å². The van der Waals surface area contributed by atoms with Crippen molar-refractivity contribution < 1.29 is 18.7 Å². The Morgan fingerprint density at radius 1 is 1.34 bits per heavy atom. The number of halogens is 1. The zero-order valence-corrected chi connectivity index (χ0v) is 16.9. The molecule has 4 N–H and O–H groups in total. The summed E-state index contributed by atoms with van der Waals surface area (Å²) < 4.78 is 19.3. The van der Waals surface area contributed by atoms with Crippen LogP contribution in [0.25, 0.3) is 11.1 Å². The summed E-state index contributed by atoms with van der Waals surface area (Å²) in [6.07, 6.45) is 2.79. The number of piperidine rings is 1. The van der Waals surface area contributed by atoms with E-state index in [2.05, 4.69) is 10.6 Å². The van der Waals surface area contributed by atoms with Crippen LogP contribution in [0.15, 0.2) is 29.6 Å². The number of amides is 1. The van der Waals surface area contributed by atoms with Crippen molar-refractivity contribution in [1.29, 1.82) is 0 Å². The molecule has 8 heteroatoms. The van der Waals surface area contributed by atoms with Crippen LogP contribution in [0.1, 0.15) is 34.5 Å². The molecule has 6 nitrogen and oxygen atoms in total. The summed E-state index contributed by atoms with van der Waals surface area (Å²) in [6, 6.07) is 6.81. The molecule has 1 aliphatic heterocycles. The summed E-state index contributed by atoms with van der Waals surface area (Å²) in [6.45, 7) is 0. The van der Waals surface area contributed by atoms with Gasteiger partial charge in [-0.2, -0.15) is 0 Å². The Hall–Kier alpha value is -2.29. The molecule has 0 radical (unpaired) electrons. The van der Waals surface area contributed by atoms with Gasteiger partial charge in [-0.25, -0.2) is 9.18 Å². The minimum atomic E-state index is -0.657. The van der Waals surface area contributed by atoms with Crippen LogP contribution in [-0.4, -0.2) is 37.2 Å². The highest BCUT2D eigenvalue weighted by atomic mass is 32.1. The van der Waals surface area contributed by atoms with Crippen LogP contribution in [0.4, 0.5) is 4.39 Å². The average Bonchev–Trinajstić information content (AvgIpc) is 3.45. The number of nitrogens with two attached hydrogens (primary N) is 1. The van der Waals surface area contributed by atoms with Crippen molar-refractivity contribution in [1.82, 2.24) is 10.6 Å². The second-order valence-corrected chi connectivity index (χ2v) is 8.64. The van der Waals surface area contributed by atoms with Crippen LogP contribution in [0, 0.1) is 11.7 Å². The van der Waals surface area contributed by atoms with Gasteiger partial charge in [0.1, 0.15) is 10.7 Å².